The van der Waals surface area contributed by atoms with Crippen LogP contribution in [0.4, 0.5) is 0 Å². The van der Waals surface area contributed by atoms with Gasteiger partial charge in [0.2, 0.25) is 5.78 Å². The van der Waals surface area contributed by atoms with Crippen molar-refractivity contribution >= 4 is 64.9 Å². The molecule has 0 amide bonds. The second kappa shape index (κ2) is 3.95. The van der Waals surface area contributed by atoms with E-state index in [0.717, 1.165) is 0 Å². The Balaban J connectivity index is 2.62. The van der Waals surface area contributed by atoms with Crippen molar-refractivity contribution in [3.05, 3.63) is 24.0 Å². The number of alkyl halides is 3. The molecule has 0 aliphatic heterocycles. The Morgan fingerprint density at radius 1 is 1.44 bits per heavy atom. The highest BCUT2D eigenvalue weighted by molar-refractivity contribution is 6.77. The fourth-order valence-electron chi connectivity index (χ4n) is 1.36. The standard InChI is InChI=1S/C9H4BCl3N2O/c10-4-1-5-6(7(16)9(11,12)13)3-15-8(5)14-2-4/h1-3H,(H,14,15). The molecule has 2 aromatic rings. The Morgan fingerprint density at radius 2 is 2.12 bits per heavy atom. The van der Waals surface area contributed by atoms with E-state index in [-0.39, 0.29) is 5.56 Å². The van der Waals surface area contributed by atoms with Crippen LogP contribution in [0, 0.1) is 0 Å². The predicted octanol–water partition coefficient (Wildman–Crippen LogP) is 1.91. The van der Waals surface area contributed by atoms with Crippen molar-refractivity contribution < 1.29 is 4.79 Å². The molecule has 0 aromatic carbocycles. The molecule has 0 unspecified atom stereocenters. The van der Waals surface area contributed by atoms with Crippen molar-refractivity contribution in [3.8, 4) is 0 Å². The third-order valence-electron chi connectivity index (χ3n) is 2.05. The second-order valence-electron chi connectivity index (χ2n) is 3.19. The first-order chi connectivity index (χ1) is 7.39. The monoisotopic (exact) mass is 272 g/mol. The molecule has 0 aliphatic carbocycles. The van der Waals surface area contributed by atoms with Crippen molar-refractivity contribution in [2.45, 2.75) is 3.79 Å². The smallest absolute Gasteiger partial charge is 0.253 e. The van der Waals surface area contributed by atoms with E-state index in [9.17, 15) is 4.79 Å². The average Bonchev–Trinajstić information content (AvgIpc) is 2.57. The van der Waals surface area contributed by atoms with Gasteiger partial charge in [-0.2, -0.15) is 0 Å². The van der Waals surface area contributed by atoms with Crippen LogP contribution in [-0.2, 0) is 0 Å². The molecular weight excluding hydrogens is 269 g/mol. The number of aromatic nitrogens is 2. The summed E-state index contributed by atoms with van der Waals surface area (Å²) in [6.07, 6.45) is 2.92. The zero-order chi connectivity index (χ0) is 11.9. The number of aromatic amines is 1. The predicted molar refractivity (Wildman–Crippen MR) is 66.1 cm³/mol. The van der Waals surface area contributed by atoms with Gasteiger partial charge in [-0.25, -0.2) is 4.98 Å². The lowest BCUT2D eigenvalue weighted by Crippen LogP contribution is -2.18. The topological polar surface area (TPSA) is 45.8 Å². The molecule has 3 nitrogen and oxygen atoms in total. The second-order valence-corrected chi connectivity index (χ2v) is 5.48. The lowest BCUT2D eigenvalue weighted by molar-refractivity contribution is 0.0998. The number of rotatable bonds is 1. The number of halogens is 3. The minimum atomic E-state index is -1.99. The van der Waals surface area contributed by atoms with Crippen LogP contribution in [0.15, 0.2) is 18.5 Å². The van der Waals surface area contributed by atoms with Crippen molar-refractivity contribution in [2.24, 2.45) is 0 Å². The molecule has 2 radical (unpaired) electrons. The zero-order valence-corrected chi connectivity index (χ0v) is 10.1. The quantitative estimate of drug-likeness (QED) is 0.490. The van der Waals surface area contributed by atoms with Gasteiger partial charge in [-0.05, 0) is 0 Å². The van der Waals surface area contributed by atoms with Crippen molar-refractivity contribution in [1.82, 2.24) is 9.97 Å². The molecule has 0 atom stereocenters. The molecule has 2 rings (SSSR count). The van der Waals surface area contributed by atoms with E-state index in [1.807, 2.05) is 0 Å². The summed E-state index contributed by atoms with van der Waals surface area (Å²) in [4.78, 5) is 18.6. The molecule has 2 heterocycles. The highest BCUT2D eigenvalue weighted by Crippen LogP contribution is 2.32. The number of carbonyl (C=O) groups is 1. The molecular formula is C9H4BCl3N2O. The third-order valence-corrected chi connectivity index (χ3v) is 2.57. The summed E-state index contributed by atoms with van der Waals surface area (Å²) in [6.45, 7) is 0. The number of fused-ring (bicyclic) bond motifs is 1. The van der Waals surface area contributed by atoms with Crippen LogP contribution >= 0.6 is 34.8 Å². The van der Waals surface area contributed by atoms with E-state index in [2.05, 4.69) is 9.97 Å². The molecule has 1 N–H and O–H groups in total. The average molecular weight is 273 g/mol. The summed E-state index contributed by atoms with van der Waals surface area (Å²) in [5.74, 6) is -0.615. The number of Topliss-reactive ketones (excluding diaryl/α,β-unsaturated/α-hetero) is 1. The maximum Gasteiger partial charge on any atom is 0.253 e. The lowest BCUT2D eigenvalue weighted by atomic mass is 9.97. The van der Waals surface area contributed by atoms with Gasteiger partial charge < -0.3 is 4.98 Å². The fourth-order valence-corrected chi connectivity index (χ4v) is 1.67. The normalized spacial score (nSPS) is 11.9. The molecule has 7 heteroatoms. The van der Waals surface area contributed by atoms with Gasteiger partial charge in [0.15, 0.2) is 0 Å². The molecule has 0 aliphatic rings. The largest absolute Gasteiger partial charge is 0.345 e. The van der Waals surface area contributed by atoms with E-state index < -0.39 is 9.58 Å². The number of H-pyrrole nitrogens is 1. The number of nitrogens with one attached hydrogen (secondary N) is 1. The van der Waals surface area contributed by atoms with Crippen LogP contribution in [0.2, 0.25) is 0 Å². The van der Waals surface area contributed by atoms with Gasteiger partial charge in [0, 0.05) is 23.3 Å². The Morgan fingerprint density at radius 3 is 2.75 bits per heavy atom. The highest BCUT2D eigenvalue weighted by atomic mass is 35.6. The SMILES string of the molecule is [B]c1cnc2[nH]cc(C(=O)C(Cl)(Cl)Cl)c2c1. The first-order valence-electron chi connectivity index (χ1n) is 4.23. The van der Waals surface area contributed by atoms with Crippen LogP contribution in [0.3, 0.4) is 0 Å². The first kappa shape index (κ1) is 11.8. The van der Waals surface area contributed by atoms with Crippen LogP contribution < -0.4 is 5.46 Å². The van der Waals surface area contributed by atoms with Crippen molar-refractivity contribution in [1.29, 1.82) is 0 Å². The molecule has 2 aromatic heterocycles. The van der Waals surface area contributed by atoms with Crippen molar-refractivity contribution in [3.63, 3.8) is 0 Å². The summed E-state index contributed by atoms with van der Waals surface area (Å²) in [5, 5.41) is 0.538. The number of hydrogen-bond donors (Lipinski definition) is 1. The Labute approximate surface area is 107 Å². The number of ketones is 1. The van der Waals surface area contributed by atoms with Gasteiger partial charge in [0.25, 0.3) is 3.79 Å². The fraction of sp³-hybridized carbons (Fsp3) is 0.111. The molecule has 16 heavy (non-hydrogen) atoms. The summed E-state index contributed by atoms with van der Waals surface area (Å²) in [5.41, 5.74) is 1.21. The maximum absolute atomic E-state index is 11.8. The molecule has 0 bridgehead atoms. The van der Waals surface area contributed by atoms with E-state index >= 15 is 0 Å². The van der Waals surface area contributed by atoms with E-state index in [0.29, 0.717) is 16.5 Å². The van der Waals surface area contributed by atoms with Crippen molar-refractivity contribution in [2.75, 3.05) is 0 Å². The Kier molecular flexibility index (Phi) is 2.91. The zero-order valence-electron chi connectivity index (χ0n) is 7.80. The summed E-state index contributed by atoms with van der Waals surface area (Å²) in [7, 11) is 5.57. The van der Waals surface area contributed by atoms with E-state index in [1.165, 1.54) is 12.4 Å². The molecule has 80 valence electrons. The van der Waals surface area contributed by atoms with Crippen LogP contribution in [0.5, 0.6) is 0 Å². The van der Waals surface area contributed by atoms with Gasteiger partial charge in [0.1, 0.15) is 13.5 Å². The minimum absolute atomic E-state index is 0.259. The molecule has 0 saturated heterocycles. The van der Waals surface area contributed by atoms with Crippen LogP contribution in [0.1, 0.15) is 10.4 Å². The Hall–Kier alpha value is -0.705. The van der Waals surface area contributed by atoms with Crippen LogP contribution in [-0.4, -0.2) is 27.4 Å². The summed E-state index contributed by atoms with van der Waals surface area (Å²) >= 11 is 16.6. The molecule has 0 saturated carbocycles. The van der Waals surface area contributed by atoms with Gasteiger partial charge in [-0.15, -0.1) is 0 Å². The van der Waals surface area contributed by atoms with Gasteiger partial charge in [-0.1, -0.05) is 46.3 Å². The summed E-state index contributed by atoms with van der Waals surface area (Å²) in [6, 6.07) is 1.60. The number of hydrogen-bond acceptors (Lipinski definition) is 2. The highest BCUT2D eigenvalue weighted by Gasteiger charge is 2.33. The molecule has 0 fully saturated rings. The van der Waals surface area contributed by atoms with Gasteiger partial charge >= 0.3 is 0 Å². The third kappa shape index (κ3) is 2.05. The van der Waals surface area contributed by atoms with Gasteiger partial charge in [-0.3, -0.25) is 4.79 Å². The number of pyridine rings is 1. The van der Waals surface area contributed by atoms with Gasteiger partial charge in [0.05, 0.1) is 0 Å². The number of carbonyl (C=O) groups excluding carboxylic acids is 1. The van der Waals surface area contributed by atoms with E-state index in [4.69, 9.17) is 42.6 Å². The molecule has 0 spiro atoms. The number of nitrogens with zero attached hydrogens (tertiary/aromatic N) is 1. The van der Waals surface area contributed by atoms with Crippen LogP contribution in [0.25, 0.3) is 11.0 Å². The minimum Gasteiger partial charge on any atom is -0.345 e. The van der Waals surface area contributed by atoms with E-state index in [1.54, 1.807) is 6.07 Å². The Bertz CT molecular complexity index is 561. The summed E-state index contributed by atoms with van der Waals surface area (Å²) < 4.78 is -1.99. The maximum atomic E-state index is 11.8. The first-order valence-corrected chi connectivity index (χ1v) is 5.37. The lowest BCUT2D eigenvalue weighted by Gasteiger charge is -2.07.